The first kappa shape index (κ1) is 11.4. The predicted molar refractivity (Wildman–Crippen MR) is 58.3 cm³/mol. The van der Waals surface area contributed by atoms with E-state index in [9.17, 15) is 4.79 Å². The van der Waals surface area contributed by atoms with Crippen LogP contribution >= 0.6 is 0 Å². The highest BCUT2D eigenvalue weighted by molar-refractivity contribution is 5.88. The largest absolute Gasteiger partial charge is 0.465 e. The first-order chi connectivity index (χ1) is 7.13. The number of hydrogen-bond donors (Lipinski definition) is 1. The molecule has 0 bridgehead atoms. The molecular weight excluding hydrogens is 192 g/mol. The van der Waals surface area contributed by atoms with Crippen LogP contribution in [0.15, 0.2) is 24.4 Å². The molecule has 80 valence electrons. The van der Waals surface area contributed by atoms with Crippen molar-refractivity contribution in [3.05, 3.63) is 35.7 Å². The van der Waals surface area contributed by atoms with E-state index in [1.54, 1.807) is 12.1 Å². The summed E-state index contributed by atoms with van der Waals surface area (Å²) in [6.07, 6.45) is 5.12. The van der Waals surface area contributed by atoms with Crippen molar-refractivity contribution in [1.29, 1.82) is 0 Å². The average molecular weight is 206 g/mol. The van der Waals surface area contributed by atoms with Crippen LogP contribution in [0.25, 0.3) is 6.08 Å². The second kappa shape index (κ2) is 5.26. The smallest absolute Gasteiger partial charge is 0.339 e. The van der Waals surface area contributed by atoms with Gasteiger partial charge in [-0.15, -0.1) is 0 Å². The number of methoxy groups -OCH3 is 1. The Hall–Kier alpha value is -1.68. The van der Waals surface area contributed by atoms with E-state index < -0.39 is 0 Å². The molecule has 4 nitrogen and oxygen atoms in total. The fourth-order valence-corrected chi connectivity index (χ4v) is 0.993. The van der Waals surface area contributed by atoms with E-state index >= 15 is 0 Å². The predicted octanol–water partition coefficient (Wildman–Crippen LogP) is 1.23. The molecular formula is C11H14N2O2. The number of nitrogens with zero attached hydrogens (tertiary/aromatic N) is 1. The molecule has 0 fully saturated rings. The molecule has 15 heavy (non-hydrogen) atoms. The molecule has 0 radical (unpaired) electrons. The van der Waals surface area contributed by atoms with Crippen LogP contribution in [0.4, 0.5) is 0 Å². The number of carbonyl (C=O) groups excluding carboxylic acids is 1. The number of rotatable bonds is 3. The standard InChI is InChI=1S/C11H14N2O2/c1-8(12)3-5-10-6-4-9(7-13-10)11(14)15-2/h3-8H,12H2,1-2H3/b5-3+. The first-order valence-electron chi connectivity index (χ1n) is 4.61. The summed E-state index contributed by atoms with van der Waals surface area (Å²) in [7, 11) is 1.34. The summed E-state index contributed by atoms with van der Waals surface area (Å²) in [5.74, 6) is -0.384. The molecule has 0 aliphatic rings. The summed E-state index contributed by atoms with van der Waals surface area (Å²) in [6.45, 7) is 1.87. The number of ether oxygens (including phenoxy) is 1. The average Bonchev–Trinajstić information content (AvgIpc) is 2.26. The summed E-state index contributed by atoms with van der Waals surface area (Å²) in [5.41, 5.74) is 6.76. The van der Waals surface area contributed by atoms with Crippen molar-refractivity contribution in [2.24, 2.45) is 5.73 Å². The lowest BCUT2D eigenvalue weighted by Gasteiger charge is -1.99. The van der Waals surface area contributed by atoms with Gasteiger partial charge in [0.2, 0.25) is 0 Å². The van der Waals surface area contributed by atoms with Crippen LogP contribution in [-0.4, -0.2) is 24.1 Å². The second-order valence-corrected chi connectivity index (χ2v) is 3.18. The number of aromatic nitrogens is 1. The maximum absolute atomic E-state index is 11.1. The van der Waals surface area contributed by atoms with Crippen LogP contribution in [0, 0.1) is 0 Å². The molecule has 1 aromatic rings. The Bertz CT molecular complexity index is 355. The maximum Gasteiger partial charge on any atom is 0.339 e. The summed E-state index contributed by atoms with van der Waals surface area (Å²) < 4.78 is 4.56. The van der Waals surface area contributed by atoms with E-state index in [1.807, 2.05) is 19.1 Å². The summed E-state index contributed by atoms with van der Waals surface area (Å²) in [6, 6.07) is 3.40. The quantitative estimate of drug-likeness (QED) is 0.755. The minimum atomic E-state index is -0.384. The molecule has 0 spiro atoms. The Morgan fingerprint density at radius 3 is 2.80 bits per heavy atom. The highest BCUT2D eigenvalue weighted by Gasteiger charge is 2.03. The SMILES string of the molecule is COC(=O)c1ccc(/C=C/C(C)N)nc1. The zero-order valence-electron chi connectivity index (χ0n) is 8.81. The molecule has 1 rings (SSSR count). The Balaban J connectivity index is 2.77. The Kier molecular flexibility index (Phi) is 4.00. The van der Waals surface area contributed by atoms with Gasteiger partial charge >= 0.3 is 5.97 Å². The molecule has 1 heterocycles. The van der Waals surface area contributed by atoms with E-state index in [4.69, 9.17) is 5.73 Å². The van der Waals surface area contributed by atoms with E-state index in [0.717, 1.165) is 5.69 Å². The molecule has 2 N–H and O–H groups in total. The maximum atomic E-state index is 11.1. The third kappa shape index (κ3) is 3.52. The number of esters is 1. The monoisotopic (exact) mass is 206 g/mol. The van der Waals surface area contributed by atoms with Gasteiger partial charge in [0, 0.05) is 12.2 Å². The van der Waals surface area contributed by atoms with Crippen LogP contribution in [0.1, 0.15) is 23.0 Å². The Labute approximate surface area is 88.8 Å². The van der Waals surface area contributed by atoms with Gasteiger partial charge in [-0.1, -0.05) is 6.08 Å². The molecule has 4 heteroatoms. The zero-order chi connectivity index (χ0) is 11.3. The number of carbonyl (C=O) groups is 1. The zero-order valence-corrected chi connectivity index (χ0v) is 8.81. The molecule has 0 saturated carbocycles. The topological polar surface area (TPSA) is 65.2 Å². The molecule has 0 aromatic carbocycles. The van der Waals surface area contributed by atoms with Crippen molar-refractivity contribution in [2.45, 2.75) is 13.0 Å². The number of nitrogens with two attached hydrogens (primary N) is 1. The van der Waals surface area contributed by atoms with Gasteiger partial charge in [0.25, 0.3) is 0 Å². The second-order valence-electron chi connectivity index (χ2n) is 3.18. The summed E-state index contributed by atoms with van der Waals surface area (Å²) in [5, 5.41) is 0. The van der Waals surface area contributed by atoms with E-state index in [1.165, 1.54) is 13.3 Å². The summed E-state index contributed by atoms with van der Waals surface area (Å²) in [4.78, 5) is 15.2. The normalized spacial score (nSPS) is 12.7. The van der Waals surface area contributed by atoms with Crippen molar-refractivity contribution in [3.63, 3.8) is 0 Å². The van der Waals surface area contributed by atoms with Gasteiger partial charge in [-0.05, 0) is 25.1 Å². The van der Waals surface area contributed by atoms with Gasteiger partial charge in [-0.25, -0.2) is 4.79 Å². The van der Waals surface area contributed by atoms with Crippen molar-refractivity contribution in [2.75, 3.05) is 7.11 Å². The number of pyridine rings is 1. The van der Waals surface area contributed by atoms with Crippen molar-refractivity contribution in [1.82, 2.24) is 4.98 Å². The van der Waals surface area contributed by atoms with Gasteiger partial charge in [-0.2, -0.15) is 0 Å². The van der Waals surface area contributed by atoms with Gasteiger partial charge < -0.3 is 10.5 Å². The van der Waals surface area contributed by atoms with Gasteiger partial charge in [0.15, 0.2) is 0 Å². The highest BCUT2D eigenvalue weighted by Crippen LogP contribution is 2.03. The van der Waals surface area contributed by atoms with Crippen LogP contribution in [-0.2, 0) is 4.74 Å². The minimum absolute atomic E-state index is 0.00733. The lowest BCUT2D eigenvalue weighted by atomic mass is 10.2. The van der Waals surface area contributed by atoms with E-state index in [2.05, 4.69) is 9.72 Å². The van der Waals surface area contributed by atoms with Crippen LogP contribution in [0.5, 0.6) is 0 Å². The van der Waals surface area contributed by atoms with E-state index in [-0.39, 0.29) is 12.0 Å². The van der Waals surface area contributed by atoms with Gasteiger partial charge in [0.1, 0.15) is 0 Å². The minimum Gasteiger partial charge on any atom is -0.465 e. The van der Waals surface area contributed by atoms with Crippen LogP contribution < -0.4 is 5.73 Å². The van der Waals surface area contributed by atoms with Crippen molar-refractivity contribution >= 4 is 12.0 Å². The molecule has 0 saturated heterocycles. The van der Waals surface area contributed by atoms with E-state index in [0.29, 0.717) is 5.56 Å². The Morgan fingerprint density at radius 2 is 2.33 bits per heavy atom. The van der Waals surface area contributed by atoms with Crippen molar-refractivity contribution < 1.29 is 9.53 Å². The fraction of sp³-hybridized carbons (Fsp3) is 0.273. The molecule has 0 aliphatic carbocycles. The summed E-state index contributed by atoms with van der Waals surface area (Å²) >= 11 is 0. The number of hydrogen-bond acceptors (Lipinski definition) is 4. The van der Waals surface area contributed by atoms with Crippen LogP contribution in [0.3, 0.4) is 0 Å². The Morgan fingerprint density at radius 1 is 1.60 bits per heavy atom. The lowest BCUT2D eigenvalue weighted by Crippen LogP contribution is -2.10. The molecule has 0 aliphatic heterocycles. The lowest BCUT2D eigenvalue weighted by molar-refractivity contribution is 0.0600. The molecule has 1 aromatic heterocycles. The fourth-order valence-electron chi connectivity index (χ4n) is 0.993. The molecule has 1 unspecified atom stereocenters. The first-order valence-corrected chi connectivity index (χ1v) is 4.61. The van der Waals surface area contributed by atoms with Crippen molar-refractivity contribution in [3.8, 4) is 0 Å². The van der Waals surface area contributed by atoms with Crippen LogP contribution in [0.2, 0.25) is 0 Å². The van der Waals surface area contributed by atoms with Gasteiger partial charge in [0.05, 0.1) is 18.4 Å². The van der Waals surface area contributed by atoms with Gasteiger partial charge in [-0.3, -0.25) is 4.98 Å². The molecule has 1 atom stereocenters. The third-order valence-electron chi connectivity index (χ3n) is 1.78. The highest BCUT2D eigenvalue weighted by atomic mass is 16.5. The third-order valence-corrected chi connectivity index (χ3v) is 1.78. The molecule has 0 amide bonds.